The summed E-state index contributed by atoms with van der Waals surface area (Å²) in [7, 11) is 0. The van der Waals surface area contributed by atoms with E-state index < -0.39 is 4.92 Å². The molecule has 2 rings (SSSR count). The maximum absolute atomic E-state index is 10.9. The second-order valence-corrected chi connectivity index (χ2v) is 4.20. The summed E-state index contributed by atoms with van der Waals surface area (Å²) in [6.07, 6.45) is 3.54. The van der Waals surface area contributed by atoms with Crippen LogP contribution in [0.5, 0.6) is 0 Å². The number of hydrogen-bond acceptors (Lipinski definition) is 5. The maximum Gasteiger partial charge on any atom is 0.311 e. The average molecular weight is 237 g/mol. The molecule has 1 unspecified atom stereocenters. The van der Waals surface area contributed by atoms with Gasteiger partial charge >= 0.3 is 5.69 Å². The van der Waals surface area contributed by atoms with Crippen LogP contribution in [0.25, 0.3) is 0 Å². The van der Waals surface area contributed by atoms with Gasteiger partial charge in [-0.1, -0.05) is 0 Å². The van der Waals surface area contributed by atoms with Gasteiger partial charge in [0.2, 0.25) is 5.82 Å². The Bertz CT molecular complexity index is 416. The van der Waals surface area contributed by atoms with Crippen molar-refractivity contribution in [1.29, 1.82) is 0 Å². The molecule has 1 aliphatic heterocycles. The van der Waals surface area contributed by atoms with Crippen molar-refractivity contribution in [2.24, 2.45) is 0 Å². The summed E-state index contributed by atoms with van der Waals surface area (Å²) in [4.78, 5) is 14.6. The van der Waals surface area contributed by atoms with Crippen LogP contribution < -0.4 is 5.32 Å². The van der Waals surface area contributed by atoms with Crippen molar-refractivity contribution >= 4 is 11.5 Å². The molecule has 1 atom stereocenters. The fraction of sp³-hybridized carbons (Fsp3) is 0.545. The lowest BCUT2D eigenvalue weighted by Crippen LogP contribution is -2.30. The monoisotopic (exact) mass is 237 g/mol. The molecule has 1 aromatic rings. The number of hydrogen-bond donors (Lipinski definition) is 1. The number of aryl methyl sites for hydroxylation is 1. The van der Waals surface area contributed by atoms with Gasteiger partial charge in [-0.3, -0.25) is 10.1 Å². The summed E-state index contributed by atoms with van der Waals surface area (Å²) < 4.78 is 5.32. The van der Waals surface area contributed by atoms with Crippen LogP contribution in [0.2, 0.25) is 0 Å². The largest absolute Gasteiger partial charge is 0.379 e. The minimum atomic E-state index is -0.411. The van der Waals surface area contributed by atoms with Crippen molar-refractivity contribution in [2.75, 3.05) is 18.5 Å². The van der Waals surface area contributed by atoms with Crippen molar-refractivity contribution in [3.8, 4) is 0 Å². The van der Waals surface area contributed by atoms with Gasteiger partial charge in [-0.25, -0.2) is 4.98 Å². The van der Waals surface area contributed by atoms with E-state index in [9.17, 15) is 10.1 Å². The van der Waals surface area contributed by atoms with Gasteiger partial charge in [0.25, 0.3) is 0 Å². The van der Waals surface area contributed by atoms with Gasteiger partial charge < -0.3 is 10.1 Å². The third-order valence-electron chi connectivity index (χ3n) is 2.70. The number of ether oxygens (including phenoxy) is 1. The molecule has 1 fully saturated rings. The zero-order valence-electron chi connectivity index (χ0n) is 9.68. The summed E-state index contributed by atoms with van der Waals surface area (Å²) in [5.41, 5.74) is 0.803. The molecule has 1 aliphatic rings. The zero-order valence-corrected chi connectivity index (χ0v) is 9.68. The van der Waals surface area contributed by atoms with Gasteiger partial charge in [0.05, 0.1) is 17.6 Å². The van der Waals surface area contributed by atoms with E-state index in [4.69, 9.17) is 4.74 Å². The Morgan fingerprint density at radius 3 is 3.12 bits per heavy atom. The Kier molecular flexibility index (Phi) is 3.53. The highest BCUT2D eigenvalue weighted by Crippen LogP contribution is 2.24. The lowest BCUT2D eigenvalue weighted by molar-refractivity contribution is -0.384. The first-order chi connectivity index (χ1) is 8.16. The molecule has 1 saturated heterocycles. The van der Waals surface area contributed by atoms with Gasteiger partial charge in [0.15, 0.2) is 0 Å². The molecule has 17 heavy (non-hydrogen) atoms. The Morgan fingerprint density at radius 1 is 1.65 bits per heavy atom. The number of pyridine rings is 1. The highest BCUT2D eigenvalue weighted by molar-refractivity contribution is 5.57. The average Bonchev–Trinajstić information content (AvgIpc) is 2.32. The zero-order chi connectivity index (χ0) is 12.3. The molecule has 0 aromatic carbocycles. The quantitative estimate of drug-likeness (QED) is 0.641. The van der Waals surface area contributed by atoms with E-state index in [1.54, 1.807) is 13.1 Å². The Morgan fingerprint density at radius 2 is 2.47 bits per heavy atom. The van der Waals surface area contributed by atoms with Crippen LogP contribution in [-0.2, 0) is 4.74 Å². The Hall–Kier alpha value is -1.69. The summed E-state index contributed by atoms with van der Waals surface area (Å²) in [6.45, 7) is 3.13. The van der Waals surface area contributed by atoms with Crippen molar-refractivity contribution in [2.45, 2.75) is 25.8 Å². The fourth-order valence-corrected chi connectivity index (χ4v) is 1.85. The number of anilines is 1. The van der Waals surface area contributed by atoms with Crippen LogP contribution in [0.3, 0.4) is 0 Å². The van der Waals surface area contributed by atoms with E-state index in [0.29, 0.717) is 12.4 Å². The number of rotatable bonds is 3. The van der Waals surface area contributed by atoms with Gasteiger partial charge in [0, 0.05) is 18.9 Å². The van der Waals surface area contributed by atoms with Crippen LogP contribution in [0.4, 0.5) is 11.5 Å². The summed E-state index contributed by atoms with van der Waals surface area (Å²) in [5, 5.41) is 14.0. The molecule has 0 saturated carbocycles. The smallest absolute Gasteiger partial charge is 0.311 e. The minimum absolute atomic E-state index is 0.0237. The Balaban J connectivity index is 2.16. The number of nitrogens with zero attached hydrogens (tertiary/aromatic N) is 2. The predicted molar refractivity (Wildman–Crippen MR) is 63.1 cm³/mol. The van der Waals surface area contributed by atoms with Crippen LogP contribution in [0, 0.1) is 17.0 Å². The van der Waals surface area contributed by atoms with Crippen LogP contribution in [-0.4, -0.2) is 29.2 Å². The molecule has 92 valence electrons. The third-order valence-corrected chi connectivity index (χ3v) is 2.70. The molecule has 0 bridgehead atoms. The molecular weight excluding hydrogens is 222 g/mol. The van der Waals surface area contributed by atoms with Crippen molar-refractivity contribution in [3.05, 3.63) is 27.9 Å². The van der Waals surface area contributed by atoms with E-state index in [1.165, 1.54) is 6.07 Å². The highest BCUT2D eigenvalue weighted by Gasteiger charge is 2.20. The molecule has 0 spiro atoms. The molecule has 0 radical (unpaired) electrons. The van der Waals surface area contributed by atoms with Gasteiger partial charge in [-0.05, 0) is 25.3 Å². The van der Waals surface area contributed by atoms with Crippen molar-refractivity contribution < 1.29 is 9.66 Å². The maximum atomic E-state index is 10.9. The van der Waals surface area contributed by atoms with Crippen molar-refractivity contribution in [3.63, 3.8) is 0 Å². The van der Waals surface area contributed by atoms with E-state index in [2.05, 4.69) is 10.3 Å². The molecule has 1 N–H and O–H groups in total. The van der Waals surface area contributed by atoms with Crippen LogP contribution in [0.1, 0.15) is 18.4 Å². The van der Waals surface area contributed by atoms with E-state index in [1.807, 2.05) is 0 Å². The molecule has 6 nitrogen and oxygen atoms in total. The summed E-state index contributed by atoms with van der Waals surface area (Å²) in [6, 6.07) is 1.64. The minimum Gasteiger partial charge on any atom is -0.379 e. The second-order valence-electron chi connectivity index (χ2n) is 4.20. The number of nitrogens with one attached hydrogen (secondary N) is 1. The van der Waals surface area contributed by atoms with Crippen LogP contribution >= 0.6 is 0 Å². The first kappa shape index (κ1) is 11.8. The molecular formula is C11H15N3O3. The third kappa shape index (κ3) is 2.91. The standard InChI is InChI=1S/C11H15N3O3/c1-8-5-10(14(15)16)11(12-6-8)13-9-3-2-4-17-7-9/h5-6,9H,2-4,7H2,1H3,(H,12,13). The summed E-state index contributed by atoms with van der Waals surface area (Å²) >= 11 is 0. The normalized spacial score (nSPS) is 19.9. The fourth-order valence-electron chi connectivity index (χ4n) is 1.85. The van der Waals surface area contributed by atoms with Gasteiger partial charge in [-0.15, -0.1) is 0 Å². The lowest BCUT2D eigenvalue weighted by Gasteiger charge is -2.23. The first-order valence-electron chi connectivity index (χ1n) is 5.62. The van der Waals surface area contributed by atoms with E-state index in [0.717, 1.165) is 25.0 Å². The predicted octanol–water partition coefficient (Wildman–Crippen LogP) is 1.89. The molecule has 0 amide bonds. The lowest BCUT2D eigenvalue weighted by atomic mass is 10.1. The van der Waals surface area contributed by atoms with E-state index in [-0.39, 0.29) is 11.7 Å². The molecule has 0 aliphatic carbocycles. The first-order valence-corrected chi connectivity index (χ1v) is 5.62. The van der Waals surface area contributed by atoms with Gasteiger partial charge in [0.1, 0.15) is 0 Å². The Labute approximate surface area is 99.2 Å². The molecule has 2 heterocycles. The molecule has 6 heteroatoms. The van der Waals surface area contributed by atoms with Crippen molar-refractivity contribution in [1.82, 2.24) is 4.98 Å². The molecule has 1 aromatic heterocycles. The highest BCUT2D eigenvalue weighted by atomic mass is 16.6. The van der Waals surface area contributed by atoms with E-state index >= 15 is 0 Å². The summed E-state index contributed by atoms with van der Waals surface area (Å²) in [5.74, 6) is 0.330. The number of nitro groups is 1. The van der Waals surface area contributed by atoms with Gasteiger partial charge in [-0.2, -0.15) is 0 Å². The second kappa shape index (κ2) is 5.09. The SMILES string of the molecule is Cc1cnc(NC2CCCOC2)c([N+](=O)[O-])c1. The van der Waals surface area contributed by atoms with Crippen LogP contribution in [0.15, 0.2) is 12.3 Å². The number of aromatic nitrogens is 1. The topological polar surface area (TPSA) is 77.3 Å².